The molecular formula is C17H22N2O5. The highest BCUT2D eigenvalue weighted by Gasteiger charge is 2.15. The zero-order valence-corrected chi connectivity index (χ0v) is 13.6. The maximum Gasteiger partial charge on any atom is 0.305 e. The molecule has 1 atom stereocenters. The molecule has 0 aliphatic carbocycles. The number of rotatable bonds is 8. The number of aryl methyl sites for hydroxylation is 1. The van der Waals surface area contributed by atoms with E-state index in [-0.39, 0.29) is 30.7 Å². The highest BCUT2D eigenvalue weighted by Crippen LogP contribution is 2.26. The molecule has 1 aliphatic rings. The Bertz CT molecular complexity index is 629. The van der Waals surface area contributed by atoms with Gasteiger partial charge in [-0.25, -0.2) is 0 Å². The predicted molar refractivity (Wildman–Crippen MR) is 88.0 cm³/mol. The highest BCUT2D eigenvalue weighted by molar-refractivity contribution is 5.94. The normalized spacial score (nSPS) is 14.3. The van der Waals surface area contributed by atoms with Crippen LogP contribution in [0.3, 0.4) is 0 Å². The first-order valence-electron chi connectivity index (χ1n) is 8.01. The number of amides is 2. The molecule has 0 bridgehead atoms. The molecule has 1 aliphatic heterocycles. The van der Waals surface area contributed by atoms with E-state index in [0.717, 1.165) is 11.3 Å². The fourth-order valence-corrected chi connectivity index (χ4v) is 2.53. The molecule has 2 amide bonds. The zero-order valence-electron chi connectivity index (χ0n) is 13.6. The largest absolute Gasteiger partial charge is 0.494 e. The number of hydrogen-bond donors (Lipinski definition) is 3. The maximum absolute atomic E-state index is 11.7. The van der Waals surface area contributed by atoms with Gasteiger partial charge in [-0.15, -0.1) is 0 Å². The molecule has 1 unspecified atom stereocenters. The summed E-state index contributed by atoms with van der Waals surface area (Å²) in [5, 5.41) is 14.1. The van der Waals surface area contributed by atoms with Gasteiger partial charge in [-0.05, 0) is 43.5 Å². The van der Waals surface area contributed by atoms with Gasteiger partial charge in [0.25, 0.3) is 0 Å². The summed E-state index contributed by atoms with van der Waals surface area (Å²) < 4.78 is 5.63. The SMILES string of the molecule is CC(CC(=O)O)NC(=O)CCCOc1ccc2c(c1)CCC(=O)N2. The Morgan fingerprint density at radius 1 is 1.38 bits per heavy atom. The Labute approximate surface area is 140 Å². The van der Waals surface area contributed by atoms with Gasteiger partial charge in [0.1, 0.15) is 5.75 Å². The van der Waals surface area contributed by atoms with Gasteiger partial charge in [0.2, 0.25) is 11.8 Å². The molecule has 0 saturated carbocycles. The van der Waals surface area contributed by atoms with E-state index in [2.05, 4.69) is 10.6 Å². The number of ether oxygens (including phenoxy) is 1. The van der Waals surface area contributed by atoms with Crippen LogP contribution in [0.1, 0.15) is 38.2 Å². The van der Waals surface area contributed by atoms with Crippen molar-refractivity contribution in [1.82, 2.24) is 5.32 Å². The average molecular weight is 334 g/mol. The van der Waals surface area contributed by atoms with E-state index in [0.29, 0.717) is 31.6 Å². The summed E-state index contributed by atoms with van der Waals surface area (Å²) in [6, 6.07) is 5.14. The smallest absolute Gasteiger partial charge is 0.305 e. The van der Waals surface area contributed by atoms with E-state index in [4.69, 9.17) is 9.84 Å². The second kappa shape index (κ2) is 8.33. The molecule has 24 heavy (non-hydrogen) atoms. The zero-order chi connectivity index (χ0) is 17.5. The first kappa shape index (κ1) is 17.8. The number of nitrogens with one attached hydrogen (secondary N) is 2. The van der Waals surface area contributed by atoms with Crippen molar-refractivity contribution in [3.8, 4) is 5.75 Å². The van der Waals surface area contributed by atoms with Gasteiger partial charge in [0.05, 0.1) is 13.0 Å². The van der Waals surface area contributed by atoms with Crippen LogP contribution >= 0.6 is 0 Å². The van der Waals surface area contributed by atoms with Crippen LogP contribution in [0.2, 0.25) is 0 Å². The van der Waals surface area contributed by atoms with E-state index >= 15 is 0 Å². The first-order valence-corrected chi connectivity index (χ1v) is 8.01. The third-order valence-electron chi connectivity index (χ3n) is 3.68. The van der Waals surface area contributed by atoms with Crippen molar-refractivity contribution >= 4 is 23.5 Å². The Balaban J connectivity index is 1.70. The molecule has 2 rings (SSSR count). The molecule has 3 N–H and O–H groups in total. The summed E-state index contributed by atoms with van der Waals surface area (Å²) >= 11 is 0. The number of anilines is 1. The Kier molecular flexibility index (Phi) is 6.17. The lowest BCUT2D eigenvalue weighted by molar-refractivity contribution is -0.137. The molecule has 1 aromatic carbocycles. The van der Waals surface area contributed by atoms with Crippen molar-refractivity contribution in [3.63, 3.8) is 0 Å². The van der Waals surface area contributed by atoms with Gasteiger partial charge in [-0.2, -0.15) is 0 Å². The van der Waals surface area contributed by atoms with Gasteiger partial charge in [0, 0.05) is 24.6 Å². The van der Waals surface area contributed by atoms with Crippen LogP contribution in [-0.4, -0.2) is 35.5 Å². The molecular weight excluding hydrogens is 312 g/mol. The number of benzene rings is 1. The second-order valence-corrected chi connectivity index (χ2v) is 5.89. The van der Waals surface area contributed by atoms with Crippen LogP contribution < -0.4 is 15.4 Å². The Hall–Kier alpha value is -2.57. The molecule has 0 aromatic heterocycles. The number of carbonyl (C=O) groups is 3. The second-order valence-electron chi connectivity index (χ2n) is 5.89. The molecule has 0 saturated heterocycles. The monoisotopic (exact) mass is 334 g/mol. The van der Waals surface area contributed by atoms with Gasteiger partial charge in [-0.3, -0.25) is 14.4 Å². The molecule has 0 radical (unpaired) electrons. The number of fused-ring (bicyclic) bond motifs is 1. The van der Waals surface area contributed by atoms with Gasteiger partial charge in [-0.1, -0.05) is 0 Å². The van der Waals surface area contributed by atoms with Crippen LogP contribution in [0.4, 0.5) is 5.69 Å². The van der Waals surface area contributed by atoms with Gasteiger partial charge >= 0.3 is 5.97 Å². The number of hydrogen-bond acceptors (Lipinski definition) is 4. The lowest BCUT2D eigenvalue weighted by Crippen LogP contribution is -2.34. The van der Waals surface area contributed by atoms with Crippen molar-refractivity contribution in [2.45, 2.75) is 45.1 Å². The minimum Gasteiger partial charge on any atom is -0.494 e. The fraction of sp³-hybridized carbons (Fsp3) is 0.471. The van der Waals surface area contributed by atoms with Crippen molar-refractivity contribution in [1.29, 1.82) is 0 Å². The third kappa shape index (κ3) is 5.57. The first-order chi connectivity index (χ1) is 11.4. The van der Waals surface area contributed by atoms with Gasteiger partial charge in [0.15, 0.2) is 0 Å². The maximum atomic E-state index is 11.7. The van der Waals surface area contributed by atoms with E-state index in [1.54, 1.807) is 13.0 Å². The van der Waals surface area contributed by atoms with Crippen molar-refractivity contribution in [3.05, 3.63) is 23.8 Å². The molecule has 130 valence electrons. The summed E-state index contributed by atoms with van der Waals surface area (Å²) in [5.41, 5.74) is 1.87. The predicted octanol–water partition coefficient (Wildman–Crippen LogP) is 1.71. The molecule has 7 nitrogen and oxygen atoms in total. The van der Waals surface area contributed by atoms with Crippen LogP contribution in [0.25, 0.3) is 0 Å². The quantitative estimate of drug-likeness (QED) is 0.628. The molecule has 1 aromatic rings. The van der Waals surface area contributed by atoms with Crippen LogP contribution in [-0.2, 0) is 20.8 Å². The summed E-state index contributed by atoms with van der Waals surface area (Å²) in [6.45, 7) is 2.06. The van der Waals surface area contributed by atoms with Crippen molar-refractivity contribution in [2.75, 3.05) is 11.9 Å². The number of carbonyl (C=O) groups excluding carboxylic acids is 2. The third-order valence-corrected chi connectivity index (χ3v) is 3.68. The summed E-state index contributed by atoms with van der Waals surface area (Å²) in [4.78, 5) is 33.5. The highest BCUT2D eigenvalue weighted by atomic mass is 16.5. The molecule has 1 heterocycles. The molecule has 7 heteroatoms. The fourth-order valence-electron chi connectivity index (χ4n) is 2.53. The number of carboxylic acid groups (broad SMARTS) is 1. The standard InChI is InChI=1S/C17H22N2O5/c1-11(9-17(22)23)18-15(20)3-2-8-24-13-5-6-14-12(10-13)4-7-16(21)19-14/h5-6,10-11H,2-4,7-9H2,1H3,(H,18,20)(H,19,21)(H,22,23). The van der Waals surface area contributed by atoms with Gasteiger partial charge < -0.3 is 20.5 Å². The Morgan fingerprint density at radius 3 is 2.92 bits per heavy atom. The van der Waals surface area contributed by atoms with Crippen LogP contribution in [0.15, 0.2) is 18.2 Å². The Morgan fingerprint density at radius 2 is 2.17 bits per heavy atom. The van der Waals surface area contributed by atoms with Crippen molar-refractivity contribution in [2.24, 2.45) is 0 Å². The molecule has 0 spiro atoms. The summed E-state index contributed by atoms with van der Waals surface area (Å²) in [6.07, 6.45) is 1.91. The van der Waals surface area contributed by atoms with E-state index < -0.39 is 5.97 Å². The number of carboxylic acids is 1. The summed E-state index contributed by atoms with van der Waals surface area (Å²) in [7, 11) is 0. The minimum atomic E-state index is -0.935. The average Bonchev–Trinajstić information content (AvgIpc) is 2.50. The topological polar surface area (TPSA) is 105 Å². The number of aliphatic carboxylic acids is 1. The molecule has 0 fully saturated rings. The lowest BCUT2D eigenvalue weighted by Gasteiger charge is -2.17. The van der Waals surface area contributed by atoms with Crippen LogP contribution in [0, 0.1) is 0 Å². The van der Waals surface area contributed by atoms with E-state index in [1.165, 1.54) is 0 Å². The minimum absolute atomic E-state index is 0.0271. The van der Waals surface area contributed by atoms with E-state index in [9.17, 15) is 14.4 Å². The van der Waals surface area contributed by atoms with E-state index in [1.807, 2.05) is 12.1 Å². The lowest BCUT2D eigenvalue weighted by atomic mass is 10.0. The van der Waals surface area contributed by atoms with Crippen molar-refractivity contribution < 1.29 is 24.2 Å². The van der Waals surface area contributed by atoms with Crippen LogP contribution in [0.5, 0.6) is 5.75 Å². The summed E-state index contributed by atoms with van der Waals surface area (Å²) in [5.74, 6) is -0.376.